The minimum absolute atomic E-state index is 0.162. The van der Waals surface area contributed by atoms with Gasteiger partial charge in [0.1, 0.15) is 5.75 Å². The molecule has 11 heteroatoms. The summed E-state index contributed by atoms with van der Waals surface area (Å²) in [4.78, 5) is 49.3. The Balaban J connectivity index is 1.41. The predicted molar refractivity (Wildman–Crippen MR) is 137 cm³/mol. The number of rotatable bonds is 8. The normalized spacial score (nSPS) is 14.2. The molecule has 1 aliphatic rings. The molecule has 0 atom stereocenters. The van der Waals surface area contributed by atoms with Gasteiger partial charge in [0, 0.05) is 22.3 Å². The molecule has 1 fully saturated rings. The van der Waals surface area contributed by atoms with E-state index in [0.29, 0.717) is 22.0 Å². The van der Waals surface area contributed by atoms with Gasteiger partial charge in [0.15, 0.2) is 6.61 Å². The number of hydrogen-bond acceptors (Lipinski definition) is 7. The number of para-hydroxylation sites is 1. The van der Waals surface area contributed by atoms with Gasteiger partial charge in [-0.25, -0.2) is 0 Å². The summed E-state index contributed by atoms with van der Waals surface area (Å²) in [7, 11) is 0. The number of carbonyl (C=O) groups is 3. The molecule has 182 valence electrons. The van der Waals surface area contributed by atoms with Gasteiger partial charge in [0.25, 0.3) is 22.7 Å². The molecule has 0 aliphatic carbocycles. The summed E-state index contributed by atoms with van der Waals surface area (Å²) in [6.45, 7) is -0.441. The Labute approximate surface area is 214 Å². The number of thioether (sulfide) groups is 1. The van der Waals surface area contributed by atoms with Gasteiger partial charge >= 0.3 is 0 Å². The molecule has 3 amide bonds. The van der Waals surface area contributed by atoms with Crippen LogP contribution in [0.2, 0.25) is 5.02 Å². The van der Waals surface area contributed by atoms with E-state index in [1.165, 1.54) is 24.3 Å². The molecular weight excluding hydrogens is 506 g/mol. The molecule has 0 bridgehead atoms. The minimum atomic E-state index is -0.550. The number of imide groups is 1. The van der Waals surface area contributed by atoms with Crippen molar-refractivity contribution in [1.29, 1.82) is 0 Å². The fourth-order valence-corrected chi connectivity index (χ4v) is 4.32. The average molecular weight is 524 g/mol. The van der Waals surface area contributed by atoms with Gasteiger partial charge < -0.3 is 10.1 Å². The molecule has 0 radical (unpaired) electrons. The molecule has 4 rings (SSSR count). The van der Waals surface area contributed by atoms with Gasteiger partial charge in [-0.2, -0.15) is 0 Å². The van der Waals surface area contributed by atoms with Crippen LogP contribution in [0.25, 0.3) is 6.08 Å². The van der Waals surface area contributed by atoms with Crippen LogP contribution in [0.1, 0.15) is 11.1 Å². The van der Waals surface area contributed by atoms with Crippen molar-refractivity contribution >= 4 is 57.9 Å². The zero-order valence-electron chi connectivity index (χ0n) is 18.5. The molecule has 36 heavy (non-hydrogen) atoms. The summed E-state index contributed by atoms with van der Waals surface area (Å²) < 4.78 is 5.55. The number of amides is 3. The smallest absolute Gasteiger partial charge is 0.293 e. The summed E-state index contributed by atoms with van der Waals surface area (Å²) in [6.07, 6.45) is 1.53. The van der Waals surface area contributed by atoms with Crippen molar-refractivity contribution < 1.29 is 24.0 Å². The van der Waals surface area contributed by atoms with E-state index in [-0.39, 0.29) is 35.2 Å². The van der Waals surface area contributed by atoms with Crippen molar-refractivity contribution in [2.45, 2.75) is 6.54 Å². The maximum atomic E-state index is 12.9. The number of halogens is 1. The van der Waals surface area contributed by atoms with Crippen molar-refractivity contribution in [2.75, 3.05) is 11.9 Å². The summed E-state index contributed by atoms with van der Waals surface area (Å²) in [6, 6.07) is 19.3. The summed E-state index contributed by atoms with van der Waals surface area (Å²) >= 11 is 6.58. The number of nitro groups is 1. The Morgan fingerprint density at radius 3 is 2.58 bits per heavy atom. The van der Waals surface area contributed by atoms with Crippen molar-refractivity contribution in [3.8, 4) is 5.75 Å². The number of nitrogens with one attached hydrogen (secondary N) is 1. The quantitative estimate of drug-likeness (QED) is 0.235. The number of ether oxygens (including phenoxy) is 1. The van der Waals surface area contributed by atoms with Gasteiger partial charge in [-0.3, -0.25) is 29.4 Å². The lowest BCUT2D eigenvalue weighted by Crippen LogP contribution is -2.27. The SMILES string of the molecule is O=C(COc1cccc(/C=C2\SC(=O)N(Cc3ccccc3[N+](=O)[O-])C2=O)c1)Nc1ccc(Cl)cc1. The van der Waals surface area contributed by atoms with Crippen LogP contribution in [-0.4, -0.2) is 33.5 Å². The molecule has 3 aromatic rings. The molecule has 1 saturated heterocycles. The first-order valence-corrected chi connectivity index (χ1v) is 11.8. The zero-order valence-corrected chi connectivity index (χ0v) is 20.1. The van der Waals surface area contributed by atoms with Crippen LogP contribution in [-0.2, 0) is 16.1 Å². The minimum Gasteiger partial charge on any atom is -0.484 e. The Hall–Kier alpha value is -4.15. The van der Waals surface area contributed by atoms with E-state index in [0.717, 1.165) is 16.7 Å². The van der Waals surface area contributed by atoms with Crippen LogP contribution in [0, 0.1) is 10.1 Å². The van der Waals surface area contributed by atoms with Crippen LogP contribution >= 0.6 is 23.4 Å². The second-order valence-corrected chi connectivity index (χ2v) is 9.00. The molecule has 0 spiro atoms. The van der Waals surface area contributed by atoms with E-state index in [1.807, 2.05) is 0 Å². The van der Waals surface area contributed by atoms with E-state index < -0.39 is 16.1 Å². The van der Waals surface area contributed by atoms with Crippen LogP contribution in [0.15, 0.2) is 77.7 Å². The number of carbonyl (C=O) groups excluding carboxylic acids is 3. The second kappa shape index (κ2) is 11.1. The maximum Gasteiger partial charge on any atom is 0.293 e. The van der Waals surface area contributed by atoms with E-state index in [1.54, 1.807) is 54.6 Å². The molecule has 0 saturated carbocycles. The van der Waals surface area contributed by atoms with Gasteiger partial charge in [-0.15, -0.1) is 0 Å². The standard InChI is InChI=1S/C25H18ClN3O6S/c26-18-8-10-19(11-9-18)27-23(30)15-35-20-6-3-4-16(12-20)13-22-24(31)28(25(32)36-22)14-17-5-1-2-7-21(17)29(33)34/h1-13H,14-15H2,(H,27,30)/b22-13-. The second-order valence-electron chi connectivity index (χ2n) is 7.57. The first kappa shape index (κ1) is 25.0. The first-order chi connectivity index (χ1) is 17.3. The molecule has 0 unspecified atom stereocenters. The fraction of sp³-hybridized carbons (Fsp3) is 0.0800. The Morgan fingerprint density at radius 1 is 1.08 bits per heavy atom. The molecule has 9 nitrogen and oxygen atoms in total. The van der Waals surface area contributed by atoms with Gasteiger partial charge in [-0.05, 0) is 59.8 Å². The van der Waals surface area contributed by atoms with E-state index >= 15 is 0 Å². The van der Waals surface area contributed by atoms with Crippen LogP contribution in [0.4, 0.5) is 16.2 Å². The van der Waals surface area contributed by atoms with Crippen molar-refractivity contribution in [1.82, 2.24) is 4.90 Å². The molecule has 1 N–H and O–H groups in total. The Morgan fingerprint density at radius 2 is 1.83 bits per heavy atom. The number of nitro benzene ring substituents is 1. The maximum absolute atomic E-state index is 12.9. The predicted octanol–water partition coefficient (Wildman–Crippen LogP) is 5.50. The zero-order chi connectivity index (χ0) is 25.7. The highest BCUT2D eigenvalue weighted by molar-refractivity contribution is 8.18. The number of nitrogens with zero attached hydrogens (tertiary/aromatic N) is 2. The molecule has 3 aromatic carbocycles. The Bertz CT molecular complexity index is 1380. The first-order valence-electron chi connectivity index (χ1n) is 10.6. The fourth-order valence-electron chi connectivity index (χ4n) is 3.35. The lowest BCUT2D eigenvalue weighted by atomic mass is 10.1. The number of hydrogen-bond donors (Lipinski definition) is 1. The topological polar surface area (TPSA) is 119 Å². The lowest BCUT2D eigenvalue weighted by Gasteiger charge is -2.12. The van der Waals surface area contributed by atoms with Crippen molar-refractivity contribution in [3.05, 3.63) is 104 Å². The highest BCUT2D eigenvalue weighted by Crippen LogP contribution is 2.34. The molecule has 1 heterocycles. The summed E-state index contributed by atoms with van der Waals surface area (Å²) in [5.41, 5.74) is 1.27. The van der Waals surface area contributed by atoms with E-state index in [9.17, 15) is 24.5 Å². The van der Waals surface area contributed by atoms with Crippen LogP contribution in [0.5, 0.6) is 5.75 Å². The van der Waals surface area contributed by atoms with E-state index in [4.69, 9.17) is 16.3 Å². The summed E-state index contributed by atoms with van der Waals surface area (Å²) in [5, 5.41) is 14.0. The van der Waals surface area contributed by atoms with Gasteiger partial charge in [0.05, 0.1) is 16.4 Å². The Kier molecular flexibility index (Phi) is 7.67. The number of anilines is 1. The lowest BCUT2D eigenvalue weighted by molar-refractivity contribution is -0.385. The van der Waals surface area contributed by atoms with Crippen molar-refractivity contribution in [2.24, 2.45) is 0 Å². The van der Waals surface area contributed by atoms with Crippen LogP contribution < -0.4 is 10.1 Å². The monoisotopic (exact) mass is 523 g/mol. The third-order valence-electron chi connectivity index (χ3n) is 5.04. The van der Waals surface area contributed by atoms with E-state index in [2.05, 4.69) is 5.32 Å². The number of benzene rings is 3. The van der Waals surface area contributed by atoms with Crippen LogP contribution in [0.3, 0.4) is 0 Å². The third-order valence-corrected chi connectivity index (χ3v) is 6.20. The molecule has 0 aromatic heterocycles. The molecule has 1 aliphatic heterocycles. The average Bonchev–Trinajstić information content (AvgIpc) is 3.12. The highest BCUT2D eigenvalue weighted by Gasteiger charge is 2.36. The highest BCUT2D eigenvalue weighted by atomic mass is 35.5. The summed E-state index contributed by atoms with van der Waals surface area (Å²) in [5.74, 6) is -0.509. The molecular formula is C25H18ClN3O6S. The van der Waals surface area contributed by atoms with Gasteiger partial charge in [-0.1, -0.05) is 41.9 Å². The third kappa shape index (κ3) is 6.09. The van der Waals surface area contributed by atoms with Crippen molar-refractivity contribution in [3.63, 3.8) is 0 Å². The van der Waals surface area contributed by atoms with Gasteiger partial charge in [0.2, 0.25) is 0 Å². The largest absolute Gasteiger partial charge is 0.484 e.